The maximum Gasteiger partial charge on any atom is 0.127 e. The molecule has 1 atom stereocenters. The minimum atomic E-state index is -0.149. The van der Waals surface area contributed by atoms with E-state index in [4.69, 9.17) is 9.47 Å². The molecule has 1 unspecified atom stereocenters. The molecular formula is C31H32O2S. The van der Waals surface area contributed by atoms with E-state index in [2.05, 4.69) is 88.9 Å². The Morgan fingerprint density at radius 1 is 0.618 bits per heavy atom. The topological polar surface area (TPSA) is 18.5 Å². The number of thiol groups is 1. The first-order valence-electron chi connectivity index (χ1n) is 11.8. The van der Waals surface area contributed by atoms with Crippen molar-refractivity contribution in [2.75, 3.05) is 0 Å². The molecule has 4 rings (SSSR count). The lowest BCUT2D eigenvalue weighted by Crippen LogP contribution is -2.18. The molecule has 0 N–H and O–H groups in total. The molecule has 2 nitrogen and oxygen atoms in total. The summed E-state index contributed by atoms with van der Waals surface area (Å²) in [5.74, 6) is 3.34. The zero-order valence-electron chi connectivity index (χ0n) is 20.3. The van der Waals surface area contributed by atoms with Gasteiger partial charge in [0, 0.05) is 10.7 Å². The third-order valence-electron chi connectivity index (χ3n) is 6.32. The van der Waals surface area contributed by atoms with Crippen molar-refractivity contribution in [2.45, 2.75) is 44.8 Å². The van der Waals surface area contributed by atoms with Crippen LogP contribution < -0.4 is 9.47 Å². The Hall–Kier alpha value is -3.17. The van der Waals surface area contributed by atoms with Crippen molar-refractivity contribution in [2.24, 2.45) is 0 Å². The van der Waals surface area contributed by atoms with E-state index >= 15 is 0 Å². The van der Waals surface area contributed by atoms with E-state index < -0.39 is 0 Å². The predicted octanol–water partition coefficient (Wildman–Crippen LogP) is 9.15. The molecule has 3 heteroatoms. The van der Waals surface area contributed by atoms with Gasteiger partial charge in [0.25, 0.3) is 0 Å². The van der Waals surface area contributed by atoms with E-state index in [0.717, 1.165) is 29.4 Å². The van der Waals surface area contributed by atoms with E-state index in [1.165, 1.54) is 22.3 Å². The molecule has 0 amide bonds. The van der Waals surface area contributed by atoms with Gasteiger partial charge in [0.15, 0.2) is 0 Å². The van der Waals surface area contributed by atoms with E-state index in [1.807, 2.05) is 48.5 Å². The molecule has 0 spiro atoms. The lowest BCUT2D eigenvalue weighted by atomic mass is 9.78. The molecule has 0 aliphatic heterocycles. The van der Waals surface area contributed by atoms with Crippen molar-refractivity contribution in [1.29, 1.82) is 0 Å². The van der Waals surface area contributed by atoms with Gasteiger partial charge in [0.2, 0.25) is 0 Å². The van der Waals surface area contributed by atoms with Gasteiger partial charge in [-0.05, 0) is 84.1 Å². The highest BCUT2D eigenvalue weighted by Gasteiger charge is 2.23. The Labute approximate surface area is 209 Å². The van der Waals surface area contributed by atoms with Crippen molar-refractivity contribution < 1.29 is 9.47 Å². The Morgan fingerprint density at radius 2 is 0.971 bits per heavy atom. The zero-order chi connectivity index (χ0) is 24.1. The van der Waals surface area contributed by atoms with Gasteiger partial charge < -0.3 is 9.47 Å². The molecule has 0 bridgehead atoms. The van der Waals surface area contributed by atoms with Crippen LogP contribution in [-0.2, 0) is 11.8 Å². The molecule has 0 saturated carbocycles. The van der Waals surface area contributed by atoms with Gasteiger partial charge in [-0.25, -0.2) is 0 Å². The van der Waals surface area contributed by atoms with Gasteiger partial charge in [0.05, 0.1) is 0 Å². The predicted molar refractivity (Wildman–Crippen MR) is 145 cm³/mol. The summed E-state index contributed by atoms with van der Waals surface area (Å²) in [6.07, 6.45) is 1.03. The molecule has 0 saturated heterocycles. The number of hydrogen-bond acceptors (Lipinski definition) is 3. The van der Waals surface area contributed by atoms with Crippen LogP contribution in [0.3, 0.4) is 0 Å². The number of ether oxygens (including phenoxy) is 2. The molecule has 0 fully saturated rings. The Balaban J connectivity index is 1.43. The van der Waals surface area contributed by atoms with Crippen molar-refractivity contribution in [1.82, 2.24) is 0 Å². The third-order valence-corrected chi connectivity index (χ3v) is 6.62. The van der Waals surface area contributed by atoms with Crippen LogP contribution >= 0.6 is 12.6 Å². The van der Waals surface area contributed by atoms with Crippen LogP contribution in [0, 0.1) is 0 Å². The van der Waals surface area contributed by atoms with Gasteiger partial charge in [-0.3, -0.25) is 0 Å². The van der Waals surface area contributed by atoms with Crippen LogP contribution in [0.1, 0.15) is 55.2 Å². The SMILES string of the molecule is CCc1ccc(Oc2ccc(C(C)(C)c3ccc(Oc4ccc(C(C)S)cc4)cc3)cc2)cc1. The summed E-state index contributed by atoms with van der Waals surface area (Å²) in [6, 6.07) is 33.1. The van der Waals surface area contributed by atoms with E-state index in [-0.39, 0.29) is 10.7 Å². The average molecular weight is 469 g/mol. The van der Waals surface area contributed by atoms with Crippen molar-refractivity contribution in [3.8, 4) is 23.0 Å². The lowest BCUT2D eigenvalue weighted by Gasteiger charge is -2.26. The maximum absolute atomic E-state index is 6.03. The first kappa shape index (κ1) is 24.0. The summed E-state index contributed by atoms with van der Waals surface area (Å²) in [6.45, 7) is 8.68. The Kier molecular flexibility index (Phi) is 7.33. The van der Waals surface area contributed by atoms with Crippen LogP contribution in [0.4, 0.5) is 0 Å². The third kappa shape index (κ3) is 5.66. The van der Waals surface area contributed by atoms with Crippen LogP contribution in [-0.4, -0.2) is 0 Å². The molecule has 0 aromatic heterocycles. The molecule has 0 aliphatic carbocycles. The Bertz CT molecular complexity index is 1190. The van der Waals surface area contributed by atoms with Crippen LogP contribution in [0.25, 0.3) is 0 Å². The second-order valence-corrected chi connectivity index (χ2v) is 9.89. The first-order valence-corrected chi connectivity index (χ1v) is 12.3. The van der Waals surface area contributed by atoms with Gasteiger partial charge in [-0.2, -0.15) is 12.6 Å². The van der Waals surface area contributed by atoms with Crippen molar-refractivity contribution in [3.05, 3.63) is 119 Å². The molecule has 174 valence electrons. The van der Waals surface area contributed by atoms with Crippen LogP contribution in [0.2, 0.25) is 0 Å². The summed E-state index contributed by atoms with van der Waals surface area (Å²) in [7, 11) is 0. The molecule has 4 aromatic carbocycles. The maximum atomic E-state index is 6.03. The monoisotopic (exact) mass is 468 g/mol. The fourth-order valence-electron chi connectivity index (χ4n) is 3.93. The molecule has 34 heavy (non-hydrogen) atoms. The van der Waals surface area contributed by atoms with Crippen LogP contribution in [0.15, 0.2) is 97.1 Å². The summed E-state index contributed by atoms with van der Waals surface area (Å²) in [5.41, 5.74) is 4.79. The molecule has 0 radical (unpaired) electrons. The zero-order valence-corrected chi connectivity index (χ0v) is 21.2. The normalized spacial score (nSPS) is 12.3. The van der Waals surface area contributed by atoms with Gasteiger partial charge in [-0.15, -0.1) is 0 Å². The Morgan fingerprint density at radius 3 is 1.32 bits per heavy atom. The summed E-state index contributed by atoms with van der Waals surface area (Å²) in [4.78, 5) is 0. The summed E-state index contributed by atoms with van der Waals surface area (Å²) >= 11 is 4.48. The second kappa shape index (κ2) is 10.4. The van der Waals surface area contributed by atoms with Crippen molar-refractivity contribution >= 4 is 12.6 Å². The van der Waals surface area contributed by atoms with Crippen LogP contribution in [0.5, 0.6) is 23.0 Å². The minimum Gasteiger partial charge on any atom is -0.457 e. The highest BCUT2D eigenvalue weighted by molar-refractivity contribution is 7.80. The summed E-state index contributed by atoms with van der Waals surface area (Å²) < 4.78 is 12.1. The lowest BCUT2D eigenvalue weighted by molar-refractivity contribution is 0.481. The van der Waals surface area contributed by atoms with E-state index in [9.17, 15) is 0 Å². The molecule has 4 aromatic rings. The second-order valence-electron chi connectivity index (χ2n) is 9.12. The number of rotatable bonds is 8. The fraction of sp³-hybridized carbons (Fsp3) is 0.226. The molecule has 0 heterocycles. The largest absolute Gasteiger partial charge is 0.457 e. The fourth-order valence-corrected chi connectivity index (χ4v) is 4.10. The molecule has 0 aliphatic rings. The standard InChI is InChI=1S/C31H32O2S/c1-5-23-6-14-27(15-7-23)32-29-18-10-25(11-19-29)31(3,4)26-12-20-30(21-13-26)33-28-16-8-24(9-17-28)22(2)34/h6-22,34H,5H2,1-4H3. The highest BCUT2D eigenvalue weighted by Crippen LogP contribution is 2.35. The quantitative estimate of drug-likeness (QED) is 0.260. The smallest absolute Gasteiger partial charge is 0.127 e. The van der Waals surface area contributed by atoms with Gasteiger partial charge in [-0.1, -0.05) is 69.3 Å². The van der Waals surface area contributed by atoms with Gasteiger partial charge >= 0.3 is 0 Å². The van der Waals surface area contributed by atoms with E-state index in [1.54, 1.807) is 0 Å². The number of aryl methyl sites for hydroxylation is 1. The van der Waals surface area contributed by atoms with Gasteiger partial charge in [0.1, 0.15) is 23.0 Å². The van der Waals surface area contributed by atoms with E-state index in [0.29, 0.717) is 0 Å². The average Bonchev–Trinajstić information content (AvgIpc) is 2.85. The van der Waals surface area contributed by atoms with Crippen molar-refractivity contribution in [3.63, 3.8) is 0 Å². The summed E-state index contributed by atoms with van der Waals surface area (Å²) in [5, 5.41) is 0.212. The number of benzene rings is 4. The number of hydrogen-bond donors (Lipinski definition) is 1. The highest BCUT2D eigenvalue weighted by atomic mass is 32.1. The molecular weight excluding hydrogens is 436 g/mol. The first-order chi connectivity index (χ1) is 16.3. The minimum absolute atomic E-state index is 0.149.